The molecule has 0 aliphatic heterocycles. The van der Waals surface area contributed by atoms with E-state index in [-0.39, 0.29) is 12.3 Å². The third-order valence-corrected chi connectivity index (χ3v) is 4.59. The Morgan fingerprint density at radius 1 is 1.24 bits per heavy atom. The van der Waals surface area contributed by atoms with Crippen LogP contribution in [0.4, 0.5) is 18.9 Å². The maximum Gasteiger partial charge on any atom is 0.434 e. The fraction of sp³-hybridized carbons (Fsp3) is 0.235. The molecule has 3 rings (SSSR count). The Hall–Kier alpha value is -3.28. The van der Waals surface area contributed by atoms with Crippen molar-refractivity contribution in [3.05, 3.63) is 52.3 Å². The summed E-state index contributed by atoms with van der Waals surface area (Å²) in [6.07, 6.45) is -4.02. The van der Waals surface area contributed by atoms with Crippen LogP contribution in [0.1, 0.15) is 38.3 Å². The number of hydrogen-bond donors (Lipinski definition) is 1. The maximum atomic E-state index is 13.5. The molecule has 0 unspecified atom stereocenters. The summed E-state index contributed by atoms with van der Waals surface area (Å²) in [6, 6.07) is 5.51. The van der Waals surface area contributed by atoms with Crippen LogP contribution in [0.5, 0.6) is 0 Å². The molecule has 0 fully saturated rings. The molecular weight excluding hydrogens is 411 g/mol. The number of aromatic nitrogens is 4. The lowest BCUT2D eigenvalue weighted by Gasteiger charge is -2.13. The molecule has 29 heavy (non-hydrogen) atoms. The lowest BCUT2D eigenvalue weighted by Crippen LogP contribution is -2.18. The first-order valence-electron chi connectivity index (χ1n) is 8.25. The van der Waals surface area contributed by atoms with Crippen LogP contribution in [0.25, 0.3) is 5.69 Å². The highest BCUT2D eigenvalue weighted by Crippen LogP contribution is 2.34. The number of carbonyl (C=O) groups is 2. The third kappa shape index (κ3) is 4.26. The highest BCUT2D eigenvalue weighted by atomic mass is 32.1. The summed E-state index contributed by atoms with van der Waals surface area (Å²) in [5.41, 5.74) is -1.02. The van der Waals surface area contributed by atoms with E-state index < -0.39 is 29.3 Å². The van der Waals surface area contributed by atoms with Crippen molar-refractivity contribution in [2.24, 2.45) is 0 Å². The van der Waals surface area contributed by atoms with Crippen LogP contribution < -0.4 is 5.32 Å². The van der Waals surface area contributed by atoms with Crippen LogP contribution in [-0.4, -0.2) is 37.9 Å². The van der Waals surface area contributed by atoms with Gasteiger partial charge in [-0.2, -0.15) is 18.3 Å². The van der Waals surface area contributed by atoms with Gasteiger partial charge >= 0.3 is 12.1 Å². The monoisotopic (exact) mass is 425 g/mol. The van der Waals surface area contributed by atoms with Gasteiger partial charge in [-0.1, -0.05) is 4.49 Å². The van der Waals surface area contributed by atoms with Gasteiger partial charge in [0, 0.05) is 5.69 Å². The minimum Gasteiger partial charge on any atom is -0.462 e. The predicted octanol–water partition coefficient (Wildman–Crippen LogP) is 3.48. The number of esters is 1. The highest BCUT2D eigenvalue weighted by molar-refractivity contribution is 7.08. The van der Waals surface area contributed by atoms with Crippen molar-refractivity contribution in [3.8, 4) is 5.69 Å². The average Bonchev–Trinajstić information content (AvgIpc) is 3.28. The SMILES string of the molecule is CCOC(=O)c1cnn(-c2ccc(NC(=O)c3snnc3C)cc2)c1C(F)(F)F. The lowest BCUT2D eigenvalue weighted by atomic mass is 10.2. The largest absolute Gasteiger partial charge is 0.462 e. The first-order valence-corrected chi connectivity index (χ1v) is 9.02. The summed E-state index contributed by atoms with van der Waals surface area (Å²) in [5, 5.41) is 10.1. The molecule has 2 heterocycles. The van der Waals surface area contributed by atoms with Gasteiger partial charge in [0.05, 0.1) is 24.2 Å². The van der Waals surface area contributed by atoms with Gasteiger partial charge in [0.15, 0.2) is 5.69 Å². The average molecular weight is 425 g/mol. The molecule has 152 valence electrons. The standard InChI is InChI=1S/C17H14F3N5O3S/c1-3-28-16(27)12-8-21-25(14(12)17(18,19)20)11-6-4-10(5-7-11)22-15(26)13-9(2)23-24-29-13/h4-8H,3H2,1-2H3,(H,22,26). The second-order valence-corrected chi connectivity index (χ2v) is 6.48. The molecule has 0 radical (unpaired) electrons. The van der Waals surface area contributed by atoms with Crippen molar-refractivity contribution in [1.29, 1.82) is 0 Å². The van der Waals surface area contributed by atoms with Crippen LogP contribution in [-0.2, 0) is 10.9 Å². The second kappa shape index (κ2) is 7.99. The highest BCUT2D eigenvalue weighted by Gasteiger charge is 2.41. The number of rotatable bonds is 5. The molecule has 0 spiro atoms. The van der Waals surface area contributed by atoms with Crippen molar-refractivity contribution in [3.63, 3.8) is 0 Å². The number of ether oxygens (including phenoxy) is 1. The lowest BCUT2D eigenvalue weighted by molar-refractivity contribution is -0.143. The third-order valence-electron chi connectivity index (χ3n) is 3.76. The number of nitrogens with one attached hydrogen (secondary N) is 1. The van der Waals surface area contributed by atoms with Gasteiger partial charge in [0.1, 0.15) is 10.4 Å². The molecule has 8 nitrogen and oxygen atoms in total. The summed E-state index contributed by atoms with van der Waals surface area (Å²) in [6.45, 7) is 3.07. The van der Waals surface area contributed by atoms with Crippen molar-refractivity contribution >= 4 is 29.1 Å². The van der Waals surface area contributed by atoms with Gasteiger partial charge < -0.3 is 10.1 Å². The van der Waals surface area contributed by atoms with Crippen LogP contribution >= 0.6 is 11.5 Å². The maximum absolute atomic E-state index is 13.5. The molecular formula is C17H14F3N5O3S. The van der Waals surface area contributed by atoms with Crippen LogP contribution in [0, 0.1) is 6.92 Å². The zero-order chi connectivity index (χ0) is 21.2. The number of nitrogens with zero attached hydrogens (tertiary/aromatic N) is 4. The van der Waals surface area contributed by atoms with E-state index in [0.29, 0.717) is 20.9 Å². The van der Waals surface area contributed by atoms with Gasteiger partial charge in [0.25, 0.3) is 5.91 Å². The number of carbonyl (C=O) groups excluding carboxylic acids is 2. The van der Waals surface area contributed by atoms with Gasteiger partial charge in [0.2, 0.25) is 0 Å². The Labute approximate surface area is 166 Å². The summed E-state index contributed by atoms with van der Waals surface area (Å²) in [7, 11) is 0. The summed E-state index contributed by atoms with van der Waals surface area (Å²) < 4.78 is 49.6. The Morgan fingerprint density at radius 3 is 2.48 bits per heavy atom. The Morgan fingerprint density at radius 2 is 1.93 bits per heavy atom. The summed E-state index contributed by atoms with van der Waals surface area (Å²) in [5.74, 6) is -1.53. The fourth-order valence-electron chi connectivity index (χ4n) is 2.49. The van der Waals surface area contributed by atoms with E-state index in [4.69, 9.17) is 0 Å². The Kier molecular flexibility index (Phi) is 5.64. The molecule has 0 bridgehead atoms. The normalized spacial score (nSPS) is 11.3. The van der Waals surface area contributed by atoms with Crippen molar-refractivity contribution < 1.29 is 27.5 Å². The molecule has 1 N–H and O–H groups in total. The first kappa shape index (κ1) is 20.5. The molecule has 0 aliphatic rings. The Balaban J connectivity index is 1.89. The van der Waals surface area contributed by atoms with Gasteiger partial charge in [-0.05, 0) is 49.6 Å². The Bertz CT molecular complexity index is 1040. The molecule has 0 aliphatic carbocycles. The second-order valence-electron chi connectivity index (χ2n) is 5.73. The first-order chi connectivity index (χ1) is 13.7. The van der Waals surface area contributed by atoms with E-state index in [1.54, 1.807) is 6.92 Å². The van der Waals surface area contributed by atoms with E-state index in [9.17, 15) is 22.8 Å². The topological polar surface area (TPSA) is 99.0 Å². The van der Waals surface area contributed by atoms with Gasteiger partial charge in [-0.3, -0.25) is 4.79 Å². The number of alkyl halides is 3. The van der Waals surface area contributed by atoms with Crippen molar-refractivity contribution in [2.75, 3.05) is 11.9 Å². The minimum atomic E-state index is -4.83. The molecule has 1 amide bonds. The minimum absolute atomic E-state index is 0.0570. The molecule has 0 saturated carbocycles. The molecule has 12 heteroatoms. The van der Waals surface area contributed by atoms with E-state index in [2.05, 4.69) is 24.7 Å². The van der Waals surface area contributed by atoms with Gasteiger partial charge in [-0.15, -0.1) is 5.10 Å². The number of aryl methyl sites for hydroxylation is 1. The molecule has 2 aromatic heterocycles. The fourth-order valence-corrected chi connectivity index (χ4v) is 3.04. The number of halogens is 3. The van der Waals surface area contributed by atoms with Crippen LogP contribution in [0.15, 0.2) is 30.5 Å². The quantitative estimate of drug-likeness (QED) is 0.629. The van der Waals surface area contributed by atoms with Gasteiger partial charge in [-0.25, -0.2) is 9.48 Å². The van der Waals surface area contributed by atoms with Crippen molar-refractivity contribution in [2.45, 2.75) is 20.0 Å². The predicted molar refractivity (Wildman–Crippen MR) is 97.1 cm³/mol. The van der Waals surface area contributed by atoms with Crippen LogP contribution in [0.2, 0.25) is 0 Å². The van der Waals surface area contributed by atoms with Crippen molar-refractivity contribution in [1.82, 2.24) is 19.4 Å². The number of anilines is 1. The smallest absolute Gasteiger partial charge is 0.434 e. The number of benzene rings is 1. The van der Waals surface area contributed by atoms with E-state index in [0.717, 1.165) is 17.7 Å². The molecule has 1 aromatic carbocycles. The molecule has 0 atom stereocenters. The van der Waals surface area contributed by atoms with E-state index in [1.807, 2.05) is 0 Å². The number of hydrogen-bond acceptors (Lipinski definition) is 7. The summed E-state index contributed by atoms with van der Waals surface area (Å²) in [4.78, 5) is 24.4. The van der Waals surface area contributed by atoms with Crippen LogP contribution in [0.3, 0.4) is 0 Å². The zero-order valence-corrected chi connectivity index (χ0v) is 16.0. The van der Waals surface area contributed by atoms with E-state index >= 15 is 0 Å². The summed E-state index contributed by atoms with van der Waals surface area (Å²) >= 11 is 0.935. The zero-order valence-electron chi connectivity index (χ0n) is 15.1. The molecule has 0 saturated heterocycles. The number of amides is 1. The van der Waals surface area contributed by atoms with E-state index in [1.165, 1.54) is 31.2 Å². The molecule has 3 aromatic rings.